The predicted molar refractivity (Wildman–Crippen MR) is 78.8 cm³/mol. The summed E-state index contributed by atoms with van der Waals surface area (Å²) < 4.78 is 9.83. The molecule has 0 radical (unpaired) electrons. The van der Waals surface area contributed by atoms with Crippen LogP contribution < -0.4 is 10.6 Å². The molecule has 0 aliphatic carbocycles. The van der Waals surface area contributed by atoms with Crippen LogP contribution in [0.3, 0.4) is 0 Å². The summed E-state index contributed by atoms with van der Waals surface area (Å²) in [6, 6.07) is 4.35. The van der Waals surface area contributed by atoms with E-state index in [0.717, 1.165) is 12.8 Å². The zero-order chi connectivity index (χ0) is 15.2. The Balaban J connectivity index is 1.95. The molecule has 1 saturated heterocycles. The standard InChI is InChI=1S/C14H17ClN2O4/c1-20-13(18)9-2-3-12(11(15)8-9)17-14(19)16-10-4-6-21-7-5-10/h2-3,8,10H,4-7H2,1H3,(H2,16,17,19). The average Bonchev–Trinajstić information content (AvgIpc) is 2.49. The largest absolute Gasteiger partial charge is 0.465 e. The fourth-order valence-electron chi connectivity index (χ4n) is 2.05. The first-order valence-corrected chi connectivity index (χ1v) is 7.01. The molecule has 2 rings (SSSR count). The normalized spacial score (nSPS) is 15.3. The van der Waals surface area contributed by atoms with Gasteiger partial charge in [-0.2, -0.15) is 0 Å². The minimum absolute atomic E-state index is 0.104. The minimum Gasteiger partial charge on any atom is -0.465 e. The van der Waals surface area contributed by atoms with Crippen LogP contribution in [-0.2, 0) is 9.47 Å². The maximum atomic E-state index is 11.9. The number of esters is 1. The van der Waals surface area contributed by atoms with Crippen LogP contribution in [0.1, 0.15) is 23.2 Å². The summed E-state index contributed by atoms with van der Waals surface area (Å²) >= 11 is 6.05. The summed E-state index contributed by atoms with van der Waals surface area (Å²) in [6.45, 7) is 1.30. The monoisotopic (exact) mass is 312 g/mol. The van der Waals surface area contributed by atoms with Gasteiger partial charge in [0, 0.05) is 19.3 Å². The van der Waals surface area contributed by atoms with E-state index in [1.54, 1.807) is 12.1 Å². The van der Waals surface area contributed by atoms with Crippen molar-refractivity contribution in [1.82, 2.24) is 5.32 Å². The summed E-state index contributed by atoms with van der Waals surface area (Å²) in [5, 5.41) is 5.81. The molecule has 0 spiro atoms. The Morgan fingerprint density at radius 2 is 2.05 bits per heavy atom. The van der Waals surface area contributed by atoms with E-state index in [4.69, 9.17) is 16.3 Å². The smallest absolute Gasteiger partial charge is 0.337 e. The zero-order valence-electron chi connectivity index (χ0n) is 11.6. The van der Waals surface area contributed by atoms with Gasteiger partial charge in [0.1, 0.15) is 0 Å². The third-order valence-corrected chi connectivity index (χ3v) is 3.51. The van der Waals surface area contributed by atoms with Crippen molar-refractivity contribution in [3.05, 3.63) is 28.8 Å². The molecule has 1 fully saturated rings. The maximum absolute atomic E-state index is 11.9. The summed E-state index contributed by atoms with van der Waals surface area (Å²) in [5.74, 6) is -0.477. The topological polar surface area (TPSA) is 76.7 Å². The van der Waals surface area contributed by atoms with E-state index in [9.17, 15) is 9.59 Å². The molecule has 0 bridgehead atoms. The number of nitrogens with one attached hydrogen (secondary N) is 2. The second-order valence-corrected chi connectivity index (χ2v) is 5.08. The average molecular weight is 313 g/mol. The van der Waals surface area contributed by atoms with Gasteiger partial charge in [-0.1, -0.05) is 11.6 Å². The van der Waals surface area contributed by atoms with Crippen molar-refractivity contribution < 1.29 is 19.1 Å². The van der Waals surface area contributed by atoms with Gasteiger partial charge in [0.25, 0.3) is 0 Å². The van der Waals surface area contributed by atoms with Crippen LogP contribution in [0.25, 0.3) is 0 Å². The van der Waals surface area contributed by atoms with Crippen LogP contribution in [-0.4, -0.2) is 38.4 Å². The highest BCUT2D eigenvalue weighted by atomic mass is 35.5. The Labute approximate surface area is 127 Å². The van der Waals surface area contributed by atoms with E-state index >= 15 is 0 Å². The van der Waals surface area contributed by atoms with Crippen LogP contribution in [0.15, 0.2) is 18.2 Å². The lowest BCUT2D eigenvalue weighted by Gasteiger charge is -2.23. The highest BCUT2D eigenvalue weighted by Crippen LogP contribution is 2.23. The molecule has 1 aromatic rings. The van der Waals surface area contributed by atoms with Gasteiger partial charge in [-0.15, -0.1) is 0 Å². The highest BCUT2D eigenvalue weighted by Gasteiger charge is 2.17. The van der Waals surface area contributed by atoms with Gasteiger partial charge in [0.05, 0.1) is 23.4 Å². The number of halogens is 1. The molecule has 0 aromatic heterocycles. The molecule has 0 unspecified atom stereocenters. The number of methoxy groups -OCH3 is 1. The Kier molecular flexibility index (Phi) is 5.41. The fraction of sp³-hybridized carbons (Fsp3) is 0.429. The van der Waals surface area contributed by atoms with Crippen LogP contribution in [0.5, 0.6) is 0 Å². The quantitative estimate of drug-likeness (QED) is 0.840. The number of ether oxygens (including phenoxy) is 2. The van der Waals surface area contributed by atoms with Gasteiger partial charge in [-0.25, -0.2) is 9.59 Å². The molecule has 21 heavy (non-hydrogen) atoms. The van der Waals surface area contributed by atoms with Crippen molar-refractivity contribution in [3.8, 4) is 0 Å². The Hall–Kier alpha value is -1.79. The molecule has 2 amide bonds. The van der Waals surface area contributed by atoms with Gasteiger partial charge in [0.15, 0.2) is 0 Å². The Morgan fingerprint density at radius 1 is 1.33 bits per heavy atom. The lowest BCUT2D eigenvalue weighted by Crippen LogP contribution is -2.41. The highest BCUT2D eigenvalue weighted by molar-refractivity contribution is 6.34. The van der Waals surface area contributed by atoms with Crippen molar-refractivity contribution in [3.63, 3.8) is 0 Å². The van der Waals surface area contributed by atoms with Crippen LogP contribution in [0.4, 0.5) is 10.5 Å². The van der Waals surface area contributed by atoms with Gasteiger partial charge in [-0.3, -0.25) is 0 Å². The molecule has 1 aliphatic rings. The number of anilines is 1. The number of urea groups is 1. The number of rotatable bonds is 3. The predicted octanol–water partition coefficient (Wildman–Crippen LogP) is 2.43. The molecule has 114 valence electrons. The number of amides is 2. The van der Waals surface area contributed by atoms with E-state index in [2.05, 4.69) is 15.4 Å². The summed E-state index contributed by atoms with van der Waals surface area (Å²) in [7, 11) is 1.30. The van der Waals surface area contributed by atoms with Crippen molar-refractivity contribution in [1.29, 1.82) is 0 Å². The van der Waals surface area contributed by atoms with E-state index in [1.165, 1.54) is 13.2 Å². The first kappa shape index (κ1) is 15.6. The molecule has 0 atom stereocenters. The molecule has 2 N–H and O–H groups in total. The van der Waals surface area contributed by atoms with Crippen LogP contribution >= 0.6 is 11.6 Å². The summed E-state index contributed by atoms with van der Waals surface area (Å²) in [6.07, 6.45) is 1.59. The van der Waals surface area contributed by atoms with Crippen molar-refractivity contribution in [2.45, 2.75) is 18.9 Å². The number of hydrogen-bond acceptors (Lipinski definition) is 4. The number of carbonyl (C=O) groups excluding carboxylic acids is 2. The van der Waals surface area contributed by atoms with Gasteiger partial charge >= 0.3 is 12.0 Å². The minimum atomic E-state index is -0.477. The zero-order valence-corrected chi connectivity index (χ0v) is 12.4. The van der Waals surface area contributed by atoms with E-state index in [0.29, 0.717) is 24.5 Å². The second-order valence-electron chi connectivity index (χ2n) is 4.67. The van der Waals surface area contributed by atoms with Crippen molar-refractivity contribution in [2.24, 2.45) is 0 Å². The maximum Gasteiger partial charge on any atom is 0.337 e. The van der Waals surface area contributed by atoms with Gasteiger partial charge in [0.2, 0.25) is 0 Å². The molecule has 6 nitrogen and oxygen atoms in total. The first-order chi connectivity index (χ1) is 10.1. The third-order valence-electron chi connectivity index (χ3n) is 3.19. The van der Waals surface area contributed by atoms with Crippen molar-refractivity contribution >= 4 is 29.3 Å². The van der Waals surface area contributed by atoms with Gasteiger partial charge in [-0.05, 0) is 31.0 Å². The molecule has 0 saturated carbocycles. The fourth-order valence-corrected chi connectivity index (χ4v) is 2.27. The number of carbonyl (C=O) groups is 2. The third kappa shape index (κ3) is 4.34. The van der Waals surface area contributed by atoms with E-state index in [1.807, 2.05) is 0 Å². The van der Waals surface area contributed by atoms with Crippen molar-refractivity contribution in [2.75, 3.05) is 25.6 Å². The summed E-state index contributed by atoms with van der Waals surface area (Å²) in [4.78, 5) is 23.3. The second kappa shape index (κ2) is 7.28. The number of hydrogen-bond donors (Lipinski definition) is 2. The first-order valence-electron chi connectivity index (χ1n) is 6.63. The molecular formula is C14H17ClN2O4. The lowest BCUT2D eigenvalue weighted by atomic mass is 10.1. The molecule has 1 heterocycles. The molecule has 1 aromatic carbocycles. The number of benzene rings is 1. The Morgan fingerprint density at radius 3 is 2.67 bits per heavy atom. The molecule has 1 aliphatic heterocycles. The Bertz CT molecular complexity index is 530. The van der Waals surface area contributed by atoms with Crippen LogP contribution in [0, 0.1) is 0 Å². The molecule has 7 heteroatoms. The lowest BCUT2D eigenvalue weighted by molar-refractivity contribution is 0.0600. The SMILES string of the molecule is COC(=O)c1ccc(NC(=O)NC2CCOCC2)c(Cl)c1. The van der Waals surface area contributed by atoms with E-state index < -0.39 is 5.97 Å². The summed E-state index contributed by atoms with van der Waals surface area (Å²) in [5.41, 5.74) is 0.770. The van der Waals surface area contributed by atoms with E-state index in [-0.39, 0.29) is 17.1 Å². The molecular weight excluding hydrogens is 296 g/mol. The van der Waals surface area contributed by atoms with Crippen LogP contribution in [0.2, 0.25) is 5.02 Å². The van der Waals surface area contributed by atoms with Gasteiger partial charge < -0.3 is 20.1 Å².